The second-order valence-corrected chi connectivity index (χ2v) is 11.5. The van der Waals surface area contributed by atoms with Gasteiger partial charge in [-0.1, -0.05) is 0 Å². The number of ether oxygens (including phenoxy) is 1. The summed E-state index contributed by atoms with van der Waals surface area (Å²) in [6.45, 7) is 3.65. The van der Waals surface area contributed by atoms with Crippen molar-refractivity contribution in [1.29, 1.82) is 0 Å². The van der Waals surface area contributed by atoms with Crippen molar-refractivity contribution in [2.75, 3.05) is 19.6 Å². The molecule has 3 heterocycles. The summed E-state index contributed by atoms with van der Waals surface area (Å²) in [7, 11) is 0. The van der Waals surface area contributed by atoms with Crippen LogP contribution in [0.25, 0.3) is 0 Å². The monoisotopic (exact) mass is 621 g/mol. The van der Waals surface area contributed by atoms with Gasteiger partial charge in [-0.25, -0.2) is 27.3 Å². The summed E-state index contributed by atoms with van der Waals surface area (Å²) < 4.78 is 104. The molecule has 43 heavy (non-hydrogen) atoms. The van der Waals surface area contributed by atoms with Crippen molar-refractivity contribution in [1.82, 2.24) is 25.1 Å². The van der Waals surface area contributed by atoms with E-state index >= 15 is 0 Å². The summed E-state index contributed by atoms with van der Waals surface area (Å²) in [6.07, 6.45) is -8.53. The van der Waals surface area contributed by atoms with E-state index in [2.05, 4.69) is 15.6 Å². The van der Waals surface area contributed by atoms with E-state index in [1.807, 2.05) is 0 Å². The zero-order valence-electron chi connectivity index (χ0n) is 23.5. The van der Waals surface area contributed by atoms with Crippen LogP contribution in [-0.4, -0.2) is 69.7 Å². The number of carbonyl (C=O) groups is 3. The minimum absolute atomic E-state index is 0.00605. The molecule has 3 unspecified atom stereocenters. The zero-order valence-corrected chi connectivity index (χ0v) is 23.5. The third-order valence-electron chi connectivity index (χ3n) is 6.93. The SMILES string of the molecule is CC(C)(C)OC(=O)NC(CC(=O)C1CNCc2c(C(F)(F)F)nc(C(=O)N3CCC(F)C3)n21)Cc1cc(F)c(F)cc1F. The van der Waals surface area contributed by atoms with Gasteiger partial charge in [0.15, 0.2) is 23.1 Å². The van der Waals surface area contributed by atoms with Gasteiger partial charge < -0.3 is 24.8 Å². The Labute approximate surface area is 241 Å². The summed E-state index contributed by atoms with van der Waals surface area (Å²) in [6, 6.07) is -1.86. The number of alkyl halides is 4. The lowest BCUT2D eigenvalue weighted by atomic mass is 9.96. The van der Waals surface area contributed by atoms with Crippen molar-refractivity contribution in [2.24, 2.45) is 0 Å². The van der Waals surface area contributed by atoms with Gasteiger partial charge in [-0.15, -0.1) is 0 Å². The molecule has 3 atom stereocenters. The molecule has 1 fully saturated rings. The number of likely N-dealkylation sites (tertiary alicyclic amines) is 1. The molecule has 0 spiro atoms. The van der Waals surface area contributed by atoms with Gasteiger partial charge in [0.2, 0.25) is 5.82 Å². The lowest BCUT2D eigenvalue weighted by molar-refractivity contribution is -0.142. The number of benzene rings is 1. The highest BCUT2D eigenvalue weighted by Gasteiger charge is 2.44. The molecule has 2 N–H and O–H groups in total. The molecule has 1 aromatic carbocycles. The van der Waals surface area contributed by atoms with Crippen LogP contribution < -0.4 is 10.6 Å². The van der Waals surface area contributed by atoms with E-state index in [0.717, 1.165) is 9.47 Å². The second-order valence-electron chi connectivity index (χ2n) is 11.5. The highest BCUT2D eigenvalue weighted by Crippen LogP contribution is 2.36. The Balaban J connectivity index is 1.68. The molecule has 1 aromatic heterocycles. The normalized spacial score (nSPS) is 19.6. The molecule has 0 aliphatic carbocycles. The Morgan fingerprint density at radius 2 is 1.79 bits per heavy atom. The number of carbonyl (C=O) groups excluding carboxylic acids is 3. The fourth-order valence-electron chi connectivity index (χ4n) is 5.08. The highest BCUT2D eigenvalue weighted by molar-refractivity contribution is 5.93. The number of halogens is 7. The molecule has 16 heteroatoms. The molecule has 236 valence electrons. The number of fused-ring (bicyclic) bond motifs is 1. The first-order valence-electron chi connectivity index (χ1n) is 13.4. The van der Waals surface area contributed by atoms with Gasteiger partial charge in [0.05, 0.1) is 12.2 Å². The van der Waals surface area contributed by atoms with Gasteiger partial charge in [-0.05, 0) is 45.2 Å². The third-order valence-corrected chi connectivity index (χ3v) is 6.93. The smallest absolute Gasteiger partial charge is 0.435 e. The Hall–Kier alpha value is -3.69. The van der Waals surface area contributed by atoms with Crippen LogP contribution in [0.4, 0.5) is 35.5 Å². The fraction of sp³-hybridized carbons (Fsp3) is 0.556. The maximum atomic E-state index is 14.5. The lowest BCUT2D eigenvalue weighted by Crippen LogP contribution is -2.45. The van der Waals surface area contributed by atoms with E-state index in [9.17, 15) is 45.1 Å². The van der Waals surface area contributed by atoms with Crippen LogP contribution in [0.1, 0.15) is 67.2 Å². The molecule has 0 radical (unpaired) electrons. The fourth-order valence-corrected chi connectivity index (χ4v) is 5.08. The summed E-state index contributed by atoms with van der Waals surface area (Å²) in [5.41, 5.74) is -3.24. The Morgan fingerprint density at radius 1 is 1.12 bits per heavy atom. The predicted octanol–water partition coefficient (Wildman–Crippen LogP) is 4.24. The maximum Gasteiger partial charge on any atom is 0.435 e. The minimum atomic E-state index is -4.99. The number of rotatable bonds is 7. The molecular formula is C27H30F7N5O4. The van der Waals surface area contributed by atoms with E-state index < -0.39 is 95.3 Å². The van der Waals surface area contributed by atoms with Crippen molar-refractivity contribution in [2.45, 2.75) is 76.6 Å². The Bertz CT molecular complexity index is 1410. The molecule has 9 nitrogen and oxygen atoms in total. The van der Waals surface area contributed by atoms with Gasteiger partial charge in [0.1, 0.15) is 23.6 Å². The van der Waals surface area contributed by atoms with E-state index in [-0.39, 0.29) is 38.2 Å². The predicted molar refractivity (Wildman–Crippen MR) is 136 cm³/mol. The average Bonchev–Trinajstić information content (AvgIpc) is 3.49. The van der Waals surface area contributed by atoms with E-state index in [0.29, 0.717) is 12.1 Å². The largest absolute Gasteiger partial charge is 0.444 e. The van der Waals surface area contributed by atoms with E-state index in [4.69, 9.17) is 4.74 Å². The molecule has 1 saturated heterocycles. The average molecular weight is 622 g/mol. The van der Waals surface area contributed by atoms with Crippen molar-refractivity contribution in [3.8, 4) is 0 Å². The van der Waals surface area contributed by atoms with E-state index in [1.165, 1.54) is 0 Å². The first kappa shape index (κ1) is 32.2. The van der Waals surface area contributed by atoms with Crippen molar-refractivity contribution in [3.63, 3.8) is 0 Å². The van der Waals surface area contributed by atoms with Crippen molar-refractivity contribution < 1.29 is 49.9 Å². The van der Waals surface area contributed by atoms with Gasteiger partial charge in [-0.2, -0.15) is 13.2 Å². The first-order valence-corrected chi connectivity index (χ1v) is 13.4. The number of alkyl carbamates (subject to hydrolysis) is 1. The molecular weight excluding hydrogens is 591 g/mol. The quantitative estimate of drug-likeness (QED) is 0.354. The Kier molecular flexibility index (Phi) is 9.09. The standard InChI is InChI=1S/C27H30F7N5O4/c1-26(2,3)43-25(42)36-15(6-13-7-17(30)18(31)9-16(13)29)8-21(40)19-10-35-11-20-22(27(32,33)34)37-23(39(19)20)24(41)38-5-4-14(28)12-38/h7,9,14-15,19,35H,4-6,8,10-12H2,1-3H3,(H,36,42). The number of nitrogens with one attached hydrogen (secondary N) is 2. The van der Waals surface area contributed by atoms with Gasteiger partial charge in [-0.3, -0.25) is 9.59 Å². The van der Waals surface area contributed by atoms with Crippen molar-refractivity contribution >= 4 is 17.8 Å². The van der Waals surface area contributed by atoms with Crippen LogP contribution in [0.3, 0.4) is 0 Å². The minimum Gasteiger partial charge on any atom is -0.444 e. The second kappa shape index (κ2) is 12.1. The van der Waals surface area contributed by atoms with Crippen LogP contribution in [0, 0.1) is 17.5 Å². The topological polar surface area (TPSA) is 106 Å². The summed E-state index contributed by atoms with van der Waals surface area (Å²) in [5, 5.41) is 5.09. The van der Waals surface area contributed by atoms with Crippen LogP contribution in [0.5, 0.6) is 0 Å². The summed E-state index contributed by atoms with van der Waals surface area (Å²) in [5.74, 6) is -6.45. The van der Waals surface area contributed by atoms with Gasteiger partial charge >= 0.3 is 12.3 Å². The number of amides is 2. The molecule has 2 aliphatic heterocycles. The van der Waals surface area contributed by atoms with Crippen LogP contribution in [0.2, 0.25) is 0 Å². The highest BCUT2D eigenvalue weighted by atomic mass is 19.4. The number of hydrogen-bond acceptors (Lipinski definition) is 6. The molecule has 0 bridgehead atoms. The van der Waals surface area contributed by atoms with Crippen LogP contribution in [0.15, 0.2) is 12.1 Å². The van der Waals surface area contributed by atoms with Crippen LogP contribution in [-0.2, 0) is 28.7 Å². The molecule has 2 aliphatic rings. The molecule has 0 saturated carbocycles. The van der Waals surface area contributed by atoms with Crippen LogP contribution >= 0.6 is 0 Å². The number of Topliss-reactive ketones (excluding diaryl/α,β-unsaturated/α-hetero) is 1. The third kappa shape index (κ3) is 7.46. The number of nitrogens with zero attached hydrogens (tertiary/aromatic N) is 3. The number of ketones is 1. The molecule has 2 amide bonds. The lowest BCUT2D eigenvalue weighted by Gasteiger charge is -2.30. The summed E-state index contributed by atoms with van der Waals surface area (Å²) in [4.78, 5) is 44.0. The van der Waals surface area contributed by atoms with Crippen molar-refractivity contribution in [3.05, 3.63) is 52.4 Å². The molecule has 4 rings (SSSR count). The maximum absolute atomic E-state index is 14.5. The first-order chi connectivity index (χ1) is 19.9. The van der Waals surface area contributed by atoms with E-state index in [1.54, 1.807) is 20.8 Å². The molecule has 2 aromatic rings. The van der Waals surface area contributed by atoms with Gasteiger partial charge in [0, 0.05) is 38.2 Å². The number of imidazole rings is 1. The number of aromatic nitrogens is 2. The Morgan fingerprint density at radius 3 is 2.40 bits per heavy atom. The van der Waals surface area contributed by atoms with Gasteiger partial charge in [0.25, 0.3) is 5.91 Å². The summed E-state index contributed by atoms with van der Waals surface area (Å²) >= 11 is 0. The number of hydrogen-bond donors (Lipinski definition) is 2. The zero-order chi connectivity index (χ0) is 31.9.